The normalized spacial score (nSPS) is 21.2. The first-order chi connectivity index (χ1) is 14.5. The summed E-state index contributed by atoms with van der Waals surface area (Å²) >= 11 is 0. The molecule has 2 saturated heterocycles. The standard InChI is InChI=1S/C23H30FN3O3/c24-19-8-6-17(7-9-19)21(28)25-20(23(30)26-12-2-1-3-13-26)16-10-14-27(15-11-16)22(29)18-4-5-18/h6-9,16,18,20H,1-5,10-15H2,(H,25,28)/t20-/m0/s1. The van der Waals surface area contributed by atoms with Crippen LogP contribution in [0.25, 0.3) is 0 Å². The maximum atomic E-state index is 13.3. The summed E-state index contributed by atoms with van der Waals surface area (Å²) < 4.78 is 13.2. The highest BCUT2D eigenvalue weighted by Crippen LogP contribution is 2.33. The number of likely N-dealkylation sites (tertiary alicyclic amines) is 2. The van der Waals surface area contributed by atoms with Crippen molar-refractivity contribution >= 4 is 17.7 Å². The molecule has 30 heavy (non-hydrogen) atoms. The second kappa shape index (κ2) is 9.14. The van der Waals surface area contributed by atoms with E-state index >= 15 is 0 Å². The summed E-state index contributed by atoms with van der Waals surface area (Å²) in [5.41, 5.74) is 0.342. The Morgan fingerprint density at radius 3 is 2.10 bits per heavy atom. The van der Waals surface area contributed by atoms with Crippen LogP contribution in [0.5, 0.6) is 0 Å². The van der Waals surface area contributed by atoms with Crippen LogP contribution in [0.1, 0.15) is 55.3 Å². The predicted octanol–water partition coefficient (Wildman–Crippen LogP) is 2.59. The van der Waals surface area contributed by atoms with Crippen molar-refractivity contribution in [1.82, 2.24) is 15.1 Å². The van der Waals surface area contributed by atoms with Crippen molar-refractivity contribution in [3.05, 3.63) is 35.6 Å². The van der Waals surface area contributed by atoms with Gasteiger partial charge >= 0.3 is 0 Å². The number of amides is 3. The predicted molar refractivity (Wildman–Crippen MR) is 110 cm³/mol. The zero-order valence-corrected chi connectivity index (χ0v) is 17.3. The van der Waals surface area contributed by atoms with E-state index in [1.165, 1.54) is 24.3 Å². The van der Waals surface area contributed by atoms with Crippen molar-refractivity contribution < 1.29 is 18.8 Å². The van der Waals surface area contributed by atoms with Crippen molar-refractivity contribution in [3.63, 3.8) is 0 Å². The van der Waals surface area contributed by atoms with E-state index in [9.17, 15) is 18.8 Å². The minimum absolute atomic E-state index is 0.00734. The van der Waals surface area contributed by atoms with E-state index in [0.29, 0.717) is 31.5 Å². The molecule has 3 fully saturated rings. The van der Waals surface area contributed by atoms with Gasteiger partial charge in [-0.2, -0.15) is 0 Å². The molecule has 1 saturated carbocycles. The smallest absolute Gasteiger partial charge is 0.251 e. The van der Waals surface area contributed by atoms with Crippen molar-refractivity contribution in [2.75, 3.05) is 26.2 Å². The first-order valence-electron chi connectivity index (χ1n) is 11.2. The molecular weight excluding hydrogens is 385 g/mol. The lowest BCUT2D eigenvalue weighted by atomic mass is 9.87. The Labute approximate surface area is 176 Å². The van der Waals surface area contributed by atoms with Crippen molar-refractivity contribution in [1.29, 1.82) is 0 Å². The molecule has 1 aromatic rings. The van der Waals surface area contributed by atoms with Crippen molar-refractivity contribution in [2.45, 2.75) is 51.0 Å². The highest BCUT2D eigenvalue weighted by atomic mass is 19.1. The summed E-state index contributed by atoms with van der Waals surface area (Å²) in [4.78, 5) is 42.3. The minimum atomic E-state index is -0.612. The number of nitrogens with zero attached hydrogens (tertiary/aromatic N) is 2. The van der Waals surface area contributed by atoms with Gasteiger partial charge in [0.1, 0.15) is 11.9 Å². The molecule has 3 amide bonds. The number of carbonyl (C=O) groups is 3. The summed E-state index contributed by atoms with van der Waals surface area (Å²) in [6.07, 6.45) is 6.47. The number of carbonyl (C=O) groups excluding carboxylic acids is 3. The zero-order valence-electron chi connectivity index (χ0n) is 17.3. The van der Waals surface area contributed by atoms with Crippen LogP contribution in [0.15, 0.2) is 24.3 Å². The van der Waals surface area contributed by atoms with E-state index in [1.807, 2.05) is 9.80 Å². The molecule has 1 atom stereocenters. The Morgan fingerprint density at radius 2 is 1.50 bits per heavy atom. The van der Waals surface area contributed by atoms with E-state index < -0.39 is 11.9 Å². The van der Waals surface area contributed by atoms with Crippen LogP contribution in [0, 0.1) is 17.7 Å². The van der Waals surface area contributed by atoms with Crippen LogP contribution in [0.4, 0.5) is 4.39 Å². The third kappa shape index (κ3) is 4.82. The monoisotopic (exact) mass is 415 g/mol. The number of rotatable bonds is 5. The van der Waals surface area contributed by atoms with Gasteiger partial charge in [0.15, 0.2) is 0 Å². The van der Waals surface area contributed by atoms with Gasteiger partial charge in [-0.3, -0.25) is 14.4 Å². The first-order valence-corrected chi connectivity index (χ1v) is 11.2. The fourth-order valence-corrected chi connectivity index (χ4v) is 4.56. The maximum Gasteiger partial charge on any atom is 0.251 e. The van der Waals surface area contributed by atoms with Gasteiger partial charge in [0.25, 0.3) is 5.91 Å². The summed E-state index contributed by atoms with van der Waals surface area (Å²) in [6, 6.07) is 4.75. The quantitative estimate of drug-likeness (QED) is 0.804. The maximum absolute atomic E-state index is 13.3. The number of nitrogens with one attached hydrogen (secondary N) is 1. The van der Waals surface area contributed by atoms with Gasteiger partial charge in [0, 0.05) is 37.7 Å². The van der Waals surface area contributed by atoms with E-state index in [-0.39, 0.29) is 29.6 Å². The van der Waals surface area contributed by atoms with Gasteiger partial charge in [0.05, 0.1) is 0 Å². The fraction of sp³-hybridized carbons (Fsp3) is 0.609. The van der Waals surface area contributed by atoms with Gasteiger partial charge in [-0.05, 0) is 75.1 Å². The Morgan fingerprint density at radius 1 is 0.867 bits per heavy atom. The lowest BCUT2D eigenvalue weighted by Crippen LogP contribution is -2.55. The molecule has 0 bridgehead atoms. The molecule has 2 aliphatic heterocycles. The molecule has 6 nitrogen and oxygen atoms in total. The molecule has 162 valence electrons. The van der Waals surface area contributed by atoms with Crippen molar-refractivity contribution in [3.8, 4) is 0 Å². The average Bonchev–Trinajstić information content (AvgIpc) is 3.63. The second-order valence-corrected chi connectivity index (χ2v) is 8.78. The molecule has 2 heterocycles. The van der Waals surface area contributed by atoms with Gasteiger partial charge in [0.2, 0.25) is 11.8 Å². The molecule has 1 aliphatic carbocycles. The molecule has 0 unspecified atom stereocenters. The highest BCUT2D eigenvalue weighted by molar-refractivity contribution is 5.97. The number of hydrogen-bond donors (Lipinski definition) is 1. The largest absolute Gasteiger partial charge is 0.342 e. The Balaban J connectivity index is 1.45. The molecule has 4 rings (SSSR count). The van der Waals surface area contributed by atoms with Crippen LogP contribution in [0.3, 0.4) is 0 Å². The van der Waals surface area contributed by atoms with E-state index in [2.05, 4.69) is 5.32 Å². The second-order valence-electron chi connectivity index (χ2n) is 8.78. The summed E-state index contributed by atoms with van der Waals surface area (Å²) in [6.45, 7) is 2.72. The van der Waals surface area contributed by atoms with Gasteiger partial charge in [-0.25, -0.2) is 4.39 Å². The SMILES string of the molecule is O=C(N[C@H](C(=O)N1CCCCC1)C1CCN(C(=O)C2CC2)CC1)c1ccc(F)cc1. The zero-order chi connectivity index (χ0) is 21.1. The average molecular weight is 416 g/mol. The fourth-order valence-electron chi connectivity index (χ4n) is 4.56. The van der Waals surface area contributed by atoms with Crippen LogP contribution in [-0.4, -0.2) is 59.7 Å². The lowest BCUT2D eigenvalue weighted by molar-refractivity contribution is -0.137. The third-order valence-electron chi connectivity index (χ3n) is 6.58. The molecule has 0 aromatic heterocycles. The molecule has 0 radical (unpaired) electrons. The van der Waals surface area contributed by atoms with E-state index in [0.717, 1.165) is 45.2 Å². The lowest BCUT2D eigenvalue weighted by Gasteiger charge is -2.38. The number of hydrogen-bond acceptors (Lipinski definition) is 3. The van der Waals surface area contributed by atoms with Gasteiger partial charge in [-0.1, -0.05) is 0 Å². The molecule has 3 aliphatic rings. The third-order valence-corrected chi connectivity index (χ3v) is 6.58. The molecule has 1 N–H and O–H groups in total. The number of halogens is 1. The van der Waals surface area contributed by atoms with E-state index in [1.54, 1.807) is 0 Å². The van der Waals surface area contributed by atoms with Gasteiger partial charge < -0.3 is 15.1 Å². The highest BCUT2D eigenvalue weighted by Gasteiger charge is 2.39. The Bertz CT molecular complexity index is 779. The van der Waals surface area contributed by atoms with Gasteiger partial charge in [-0.15, -0.1) is 0 Å². The van der Waals surface area contributed by atoms with Crippen LogP contribution >= 0.6 is 0 Å². The first kappa shape index (κ1) is 20.8. The van der Waals surface area contributed by atoms with Crippen LogP contribution in [-0.2, 0) is 9.59 Å². The Hall–Kier alpha value is -2.44. The molecule has 1 aromatic carbocycles. The minimum Gasteiger partial charge on any atom is -0.342 e. The summed E-state index contributed by atoms with van der Waals surface area (Å²) in [5.74, 6) is -0.362. The number of benzene rings is 1. The molecule has 7 heteroatoms. The molecule has 0 spiro atoms. The number of piperidine rings is 2. The van der Waals surface area contributed by atoms with E-state index in [4.69, 9.17) is 0 Å². The molecular formula is C23H30FN3O3. The Kier molecular flexibility index (Phi) is 6.35. The summed E-state index contributed by atoms with van der Waals surface area (Å²) in [7, 11) is 0. The van der Waals surface area contributed by atoms with Crippen LogP contribution < -0.4 is 5.32 Å². The van der Waals surface area contributed by atoms with Crippen LogP contribution in [0.2, 0.25) is 0 Å². The topological polar surface area (TPSA) is 69.7 Å². The van der Waals surface area contributed by atoms with Crippen molar-refractivity contribution in [2.24, 2.45) is 11.8 Å². The summed E-state index contributed by atoms with van der Waals surface area (Å²) in [5, 5.41) is 2.94.